The highest BCUT2D eigenvalue weighted by Crippen LogP contribution is 2.30. The van der Waals surface area contributed by atoms with Crippen molar-refractivity contribution in [2.75, 3.05) is 13.7 Å². The number of hydrogen-bond donors (Lipinski definition) is 1. The van der Waals surface area contributed by atoms with Crippen molar-refractivity contribution in [1.82, 2.24) is 14.9 Å². The van der Waals surface area contributed by atoms with Crippen LogP contribution in [0.1, 0.15) is 21.7 Å². The fraction of sp³-hybridized carbons (Fsp3) is 0.200. The largest absolute Gasteiger partial charge is 0.496 e. The van der Waals surface area contributed by atoms with Gasteiger partial charge in [0, 0.05) is 24.1 Å². The van der Waals surface area contributed by atoms with Crippen molar-refractivity contribution in [2.24, 2.45) is 0 Å². The third-order valence-electron chi connectivity index (χ3n) is 4.59. The summed E-state index contributed by atoms with van der Waals surface area (Å²) in [5, 5.41) is 0. The van der Waals surface area contributed by atoms with Crippen LogP contribution in [0.4, 0.5) is 0 Å². The first-order valence-corrected chi connectivity index (χ1v) is 8.30. The highest BCUT2D eigenvalue weighted by molar-refractivity contribution is 5.95. The molecule has 5 heteroatoms. The third kappa shape index (κ3) is 2.89. The van der Waals surface area contributed by atoms with E-state index in [9.17, 15) is 4.79 Å². The lowest BCUT2D eigenvalue weighted by atomic mass is 10.0. The number of hydrogen-bond acceptors (Lipinski definition) is 3. The lowest BCUT2D eigenvalue weighted by Crippen LogP contribution is -2.36. The van der Waals surface area contributed by atoms with Crippen LogP contribution >= 0.6 is 0 Å². The monoisotopic (exact) mass is 333 g/mol. The van der Waals surface area contributed by atoms with Crippen LogP contribution in [0.15, 0.2) is 54.9 Å². The van der Waals surface area contributed by atoms with Crippen molar-refractivity contribution in [2.45, 2.75) is 13.0 Å². The first kappa shape index (κ1) is 15.4. The molecule has 1 aliphatic rings. The minimum atomic E-state index is 0.0389. The van der Waals surface area contributed by atoms with Gasteiger partial charge in [-0.2, -0.15) is 0 Å². The molecule has 2 heterocycles. The molecule has 0 unspecified atom stereocenters. The summed E-state index contributed by atoms with van der Waals surface area (Å²) >= 11 is 0. The fourth-order valence-corrected chi connectivity index (χ4v) is 3.27. The first-order valence-electron chi connectivity index (χ1n) is 8.30. The van der Waals surface area contributed by atoms with Gasteiger partial charge in [-0.1, -0.05) is 30.3 Å². The van der Waals surface area contributed by atoms with Crippen LogP contribution in [0, 0.1) is 0 Å². The van der Waals surface area contributed by atoms with Gasteiger partial charge < -0.3 is 14.6 Å². The van der Waals surface area contributed by atoms with E-state index in [2.05, 4.69) is 9.97 Å². The maximum atomic E-state index is 12.9. The van der Waals surface area contributed by atoms with E-state index in [-0.39, 0.29) is 5.91 Å². The molecule has 1 aromatic heterocycles. The van der Waals surface area contributed by atoms with Crippen LogP contribution in [0.5, 0.6) is 5.75 Å². The number of ether oxygens (including phenoxy) is 1. The quantitative estimate of drug-likeness (QED) is 0.800. The fourth-order valence-electron chi connectivity index (χ4n) is 3.27. The Morgan fingerprint density at radius 3 is 2.96 bits per heavy atom. The lowest BCUT2D eigenvalue weighted by Gasteiger charge is -2.26. The van der Waals surface area contributed by atoms with E-state index >= 15 is 0 Å². The average molecular weight is 333 g/mol. The van der Waals surface area contributed by atoms with Crippen molar-refractivity contribution in [3.05, 3.63) is 71.8 Å². The molecule has 5 nitrogen and oxygen atoms in total. The summed E-state index contributed by atoms with van der Waals surface area (Å²) in [6.07, 6.45) is 2.48. The number of nitrogens with zero attached hydrogens (tertiary/aromatic N) is 2. The van der Waals surface area contributed by atoms with Crippen molar-refractivity contribution >= 4 is 5.91 Å². The summed E-state index contributed by atoms with van der Waals surface area (Å²) in [5.74, 6) is 0.837. The predicted molar refractivity (Wildman–Crippen MR) is 95.5 cm³/mol. The molecule has 1 amide bonds. The van der Waals surface area contributed by atoms with Crippen molar-refractivity contribution < 1.29 is 9.53 Å². The highest BCUT2D eigenvalue weighted by atomic mass is 16.5. The standard InChI is InChI=1S/C20H19N3O2/c1-25-19-8-3-2-7-16(19)14-5-4-6-15(11-14)20(24)23-10-9-17-18(12-23)22-13-21-17/h2-8,11,13H,9-10,12H2,1H3,(H,21,22). The minimum Gasteiger partial charge on any atom is -0.496 e. The maximum Gasteiger partial charge on any atom is 0.254 e. The van der Waals surface area contributed by atoms with Gasteiger partial charge in [-0.15, -0.1) is 0 Å². The number of imidazole rings is 1. The van der Waals surface area contributed by atoms with Crippen molar-refractivity contribution in [3.63, 3.8) is 0 Å². The number of carbonyl (C=O) groups is 1. The van der Waals surface area contributed by atoms with E-state index in [0.29, 0.717) is 18.7 Å². The van der Waals surface area contributed by atoms with E-state index < -0.39 is 0 Å². The van der Waals surface area contributed by atoms with Gasteiger partial charge in [0.15, 0.2) is 0 Å². The summed E-state index contributed by atoms with van der Waals surface area (Å²) in [5.41, 5.74) is 4.73. The zero-order chi connectivity index (χ0) is 17.2. The van der Waals surface area contributed by atoms with Crippen LogP contribution in [0.25, 0.3) is 11.1 Å². The zero-order valence-corrected chi connectivity index (χ0v) is 14.0. The Balaban J connectivity index is 1.62. The molecule has 0 saturated carbocycles. The van der Waals surface area contributed by atoms with Crippen LogP contribution in [-0.2, 0) is 13.0 Å². The highest BCUT2D eigenvalue weighted by Gasteiger charge is 2.23. The predicted octanol–water partition coefficient (Wildman–Crippen LogP) is 3.28. The SMILES string of the molecule is COc1ccccc1-c1cccc(C(=O)N2CCc3nc[nH]c3C2)c1. The molecule has 3 aromatic rings. The first-order chi connectivity index (χ1) is 12.3. The molecule has 0 saturated heterocycles. The van der Waals surface area contributed by atoms with Gasteiger partial charge in [-0.05, 0) is 23.8 Å². The number of amides is 1. The summed E-state index contributed by atoms with van der Waals surface area (Å²) in [6, 6.07) is 15.5. The van der Waals surface area contributed by atoms with Crippen LogP contribution < -0.4 is 4.74 Å². The number of rotatable bonds is 3. The molecule has 0 spiro atoms. The number of carbonyl (C=O) groups excluding carboxylic acids is 1. The smallest absolute Gasteiger partial charge is 0.254 e. The summed E-state index contributed by atoms with van der Waals surface area (Å²) in [4.78, 5) is 22.2. The molecule has 2 aromatic carbocycles. The number of aromatic nitrogens is 2. The molecular formula is C20H19N3O2. The second kappa shape index (κ2) is 6.43. The molecular weight excluding hydrogens is 314 g/mol. The van der Waals surface area contributed by atoms with Gasteiger partial charge in [0.1, 0.15) is 5.75 Å². The Kier molecular flexibility index (Phi) is 3.98. The molecule has 0 radical (unpaired) electrons. The van der Waals surface area contributed by atoms with Gasteiger partial charge in [0.25, 0.3) is 5.91 Å². The molecule has 4 rings (SSSR count). The maximum absolute atomic E-state index is 12.9. The molecule has 25 heavy (non-hydrogen) atoms. The second-order valence-corrected chi connectivity index (χ2v) is 6.09. The zero-order valence-electron chi connectivity index (χ0n) is 14.0. The van der Waals surface area contributed by atoms with Gasteiger partial charge in [-0.3, -0.25) is 4.79 Å². The molecule has 126 valence electrons. The minimum absolute atomic E-state index is 0.0389. The third-order valence-corrected chi connectivity index (χ3v) is 4.59. The Bertz CT molecular complexity index is 917. The number of H-pyrrole nitrogens is 1. The van der Waals surface area contributed by atoms with Crippen molar-refractivity contribution in [1.29, 1.82) is 0 Å². The van der Waals surface area contributed by atoms with E-state index in [1.807, 2.05) is 53.4 Å². The average Bonchev–Trinajstić information content (AvgIpc) is 3.15. The lowest BCUT2D eigenvalue weighted by molar-refractivity contribution is 0.0732. The Labute approximate surface area is 146 Å². The van der Waals surface area contributed by atoms with Crippen molar-refractivity contribution in [3.8, 4) is 16.9 Å². The Morgan fingerprint density at radius 1 is 1.20 bits per heavy atom. The summed E-state index contributed by atoms with van der Waals surface area (Å²) in [6.45, 7) is 1.27. The molecule has 0 aliphatic carbocycles. The van der Waals surface area contributed by atoms with Crippen LogP contribution in [0.3, 0.4) is 0 Å². The molecule has 0 fully saturated rings. The van der Waals surface area contributed by atoms with Gasteiger partial charge in [0.05, 0.1) is 31.4 Å². The Morgan fingerprint density at radius 2 is 2.08 bits per heavy atom. The summed E-state index contributed by atoms with van der Waals surface area (Å²) < 4.78 is 5.44. The van der Waals surface area contributed by atoms with Crippen LogP contribution in [0.2, 0.25) is 0 Å². The molecule has 0 atom stereocenters. The van der Waals surface area contributed by atoms with Gasteiger partial charge in [-0.25, -0.2) is 4.98 Å². The number of benzene rings is 2. The van der Waals surface area contributed by atoms with E-state index in [4.69, 9.17) is 4.74 Å². The van der Waals surface area contributed by atoms with E-state index in [0.717, 1.165) is 34.7 Å². The number of para-hydroxylation sites is 1. The molecule has 1 aliphatic heterocycles. The van der Waals surface area contributed by atoms with Gasteiger partial charge in [0.2, 0.25) is 0 Å². The topological polar surface area (TPSA) is 58.2 Å². The molecule has 1 N–H and O–H groups in total. The molecule has 0 bridgehead atoms. The van der Waals surface area contributed by atoms with E-state index in [1.54, 1.807) is 13.4 Å². The van der Waals surface area contributed by atoms with Crippen LogP contribution in [-0.4, -0.2) is 34.4 Å². The Hall–Kier alpha value is -3.08. The normalized spacial score (nSPS) is 13.4. The number of fused-ring (bicyclic) bond motifs is 1. The van der Waals surface area contributed by atoms with E-state index in [1.165, 1.54) is 0 Å². The second-order valence-electron chi connectivity index (χ2n) is 6.09. The van der Waals surface area contributed by atoms with Gasteiger partial charge >= 0.3 is 0 Å². The number of nitrogens with one attached hydrogen (secondary N) is 1. The summed E-state index contributed by atoms with van der Waals surface area (Å²) in [7, 11) is 1.66. The number of aromatic amines is 1. The number of methoxy groups -OCH3 is 1.